The zero-order valence-electron chi connectivity index (χ0n) is 13.7. The summed E-state index contributed by atoms with van der Waals surface area (Å²) >= 11 is 3.40. The summed E-state index contributed by atoms with van der Waals surface area (Å²) in [7, 11) is 0. The van der Waals surface area contributed by atoms with Crippen molar-refractivity contribution in [1.29, 1.82) is 0 Å². The number of esters is 2. The number of unbranched alkanes of at least 4 members (excludes halogenated alkanes) is 3. The molecule has 0 saturated heterocycles. The fourth-order valence-corrected chi connectivity index (χ4v) is 2.49. The Bertz CT molecular complexity index is 488. The Morgan fingerprint density at radius 3 is 2.35 bits per heavy atom. The number of halogens is 1. The molecule has 0 aliphatic rings. The van der Waals surface area contributed by atoms with Crippen molar-refractivity contribution in [3.05, 3.63) is 34.3 Å². The SMILES string of the molecule is CCCCCCOC(=O)CCC(=O)OCCc1cccc(Br)c1. The van der Waals surface area contributed by atoms with Crippen LogP contribution in [0, 0.1) is 0 Å². The number of carbonyl (C=O) groups excluding carboxylic acids is 2. The maximum absolute atomic E-state index is 11.6. The van der Waals surface area contributed by atoms with Crippen LogP contribution < -0.4 is 0 Å². The lowest BCUT2D eigenvalue weighted by Gasteiger charge is -2.06. The Hall–Kier alpha value is -1.36. The highest BCUT2D eigenvalue weighted by molar-refractivity contribution is 9.10. The van der Waals surface area contributed by atoms with Crippen molar-refractivity contribution in [2.75, 3.05) is 13.2 Å². The fourth-order valence-electron chi connectivity index (χ4n) is 2.04. The highest BCUT2D eigenvalue weighted by Gasteiger charge is 2.09. The molecule has 5 heteroatoms. The van der Waals surface area contributed by atoms with Gasteiger partial charge in [-0.1, -0.05) is 54.2 Å². The maximum atomic E-state index is 11.6. The van der Waals surface area contributed by atoms with Gasteiger partial charge in [-0.05, 0) is 24.1 Å². The van der Waals surface area contributed by atoms with E-state index in [2.05, 4.69) is 22.9 Å². The van der Waals surface area contributed by atoms with Gasteiger partial charge in [0.1, 0.15) is 0 Å². The normalized spacial score (nSPS) is 10.3. The molecule has 1 aromatic carbocycles. The topological polar surface area (TPSA) is 52.6 Å². The average molecular weight is 385 g/mol. The molecule has 0 fully saturated rings. The lowest BCUT2D eigenvalue weighted by atomic mass is 10.2. The van der Waals surface area contributed by atoms with Gasteiger partial charge in [0, 0.05) is 10.9 Å². The first kappa shape index (κ1) is 19.7. The average Bonchev–Trinajstić information content (AvgIpc) is 2.53. The molecule has 1 aromatic rings. The van der Waals surface area contributed by atoms with E-state index in [0.717, 1.165) is 35.7 Å². The van der Waals surface area contributed by atoms with Crippen LogP contribution in [0.1, 0.15) is 51.0 Å². The molecule has 0 aliphatic heterocycles. The van der Waals surface area contributed by atoms with Crippen LogP contribution in [0.3, 0.4) is 0 Å². The van der Waals surface area contributed by atoms with Crippen molar-refractivity contribution in [1.82, 2.24) is 0 Å². The standard InChI is InChI=1S/C18H25BrO4/c1-2-3-4-5-12-22-17(20)9-10-18(21)23-13-11-15-7-6-8-16(19)14-15/h6-8,14H,2-5,9-13H2,1H3. The van der Waals surface area contributed by atoms with Gasteiger partial charge in [0.25, 0.3) is 0 Å². The molecule has 23 heavy (non-hydrogen) atoms. The predicted molar refractivity (Wildman–Crippen MR) is 93.1 cm³/mol. The summed E-state index contributed by atoms with van der Waals surface area (Å²) in [5.41, 5.74) is 1.10. The summed E-state index contributed by atoms with van der Waals surface area (Å²) in [4.78, 5) is 23.1. The third-order valence-corrected chi connectivity index (χ3v) is 3.83. The lowest BCUT2D eigenvalue weighted by Crippen LogP contribution is -2.12. The van der Waals surface area contributed by atoms with Crippen LogP contribution in [-0.4, -0.2) is 25.2 Å². The molecule has 0 aromatic heterocycles. The Balaban J connectivity index is 2.06. The minimum Gasteiger partial charge on any atom is -0.466 e. The van der Waals surface area contributed by atoms with Crippen LogP contribution >= 0.6 is 15.9 Å². The fraction of sp³-hybridized carbons (Fsp3) is 0.556. The number of hydrogen-bond donors (Lipinski definition) is 0. The van der Waals surface area contributed by atoms with Gasteiger partial charge in [-0.25, -0.2) is 0 Å². The van der Waals surface area contributed by atoms with Gasteiger partial charge in [0.15, 0.2) is 0 Å². The molecule has 0 radical (unpaired) electrons. The van der Waals surface area contributed by atoms with E-state index >= 15 is 0 Å². The zero-order valence-corrected chi connectivity index (χ0v) is 15.3. The van der Waals surface area contributed by atoms with E-state index in [9.17, 15) is 9.59 Å². The molecule has 0 spiro atoms. The van der Waals surface area contributed by atoms with Crippen LogP contribution in [0.2, 0.25) is 0 Å². The molecule has 0 N–H and O–H groups in total. The molecule has 0 amide bonds. The van der Waals surface area contributed by atoms with Gasteiger partial charge in [-0.3, -0.25) is 9.59 Å². The predicted octanol–water partition coefficient (Wildman–Crippen LogP) is 4.44. The molecular weight excluding hydrogens is 360 g/mol. The minimum atomic E-state index is -0.358. The second-order valence-corrected chi connectivity index (χ2v) is 6.30. The molecule has 4 nitrogen and oxygen atoms in total. The number of benzene rings is 1. The molecule has 0 atom stereocenters. The van der Waals surface area contributed by atoms with Crippen LogP contribution in [0.4, 0.5) is 0 Å². The summed E-state index contributed by atoms with van der Waals surface area (Å²) in [6.45, 7) is 2.90. The van der Waals surface area contributed by atoms with Gasteiger partial charge < -0.3 is 9.47 Å². The Morgan fingerprint density at radius 2 is 1.70 bits per heavy atom. The molecule has 0 saturated carbocycles. The molecular formula is C18H25BrO4. The number of ether oxygens (including phenoxy) is 2. The van der Waals surface area contributed by atoms with Gasteiger partial charge in [-0.15, -0.1) is 0 Å². The van der Waals surface area contributed by atoms with E-state index in [1.165, 1.54) is 0 Å². The highest BCUT2D eigenvalue weighted by atomic mass is 79.9. The van der Waals surface area contributed by atoms with Crippen LogP contribution in [0.25, 0.3) is 0 Å². The third kappa shape index (κ3) is 10.1. The molecule has 1 rings (SSSR count). The molecule has 0 bridgehead atoms. The van der Waals surface area contributed by atoms with Crippen LogP contribution in [0.15, 0.2) is 28.7 Å². The second kappa shape index (κ2) is 12.1. The van der Waals surface area contributed by atoms with Gasteiger partial charge in [0.2, 0.25) is 0 Å². The molecule has 128 valence electrons. The van der Waals surface area contributed by atoms with Crippen molar-refractivity contribution in [2.24, 2.45) is 0 Å². The summed E-state index contributed by atoms with van der Waals surface area (Å²) in [5, 5.41) is 0. The summed E-state index contributed by atoms with van der Waals surface area (Å²) in [6, 6.07) is 7.86. The van der Waals surface area contributed by atoms with Gasteiger partial charge in [0.05, 0.1) is 26.1 Å². The van der Waals surface area contributed by atoms with Crippen molar-refractivity contribution in [3.8, 4) is 0 Å². The minimum absolute atomic E-state index is 0.0757. The number of carbonyl (C=O) groups is 2. The summed E-state index contributed by atoms with van der Waals surface area (Å²) in [6.07, 6.45) is 5.09. The van der Waals surface area contributed by atoms with Gasteiger partial charge >= 0.3 is 11.9 Å². The smallest absolute Gasteiger partial charge is 0.306 e. The van der Waals surface area contributed by atoms with Crippen molar-refractivity contribution < 1.29 is 19.1 Å². The van der Waals surface area contributed by atoms with E-state index < -0.39 is 0 Å². The Labute approximate surface area is 146 Å². The van der Waals surface area contributed by atoms with Gasteiger partial charge in [-0.2, -0.15) is 0 Å². The Kier molecular flexibility index (Phi) is 10.4. The van der Waals surface area contributed by atoms with E-state index in [-0.39, 0.29) is 24.8 Å². The summed E-state index contributed by atoms with van der Waals surface area (Å²) in [5.74, 6) is -0.687. The number of hydrogen-bond acceptors (Lipinski definition) is 4. The van der Waals surface area contributed by atoms with Crippen molar-refractivity contribution in [2.45, 2.75) is 51.9 Å². The van der Waals surface area contributed by atoms with Crippen molar-refractivity contribution >= 4 is 27.9 Å². The van der Waals surface area contributed by atoms with Crippen molar-refractivity contribution in [3.63, 3.8) is 0 Å². The monoisotopic (exact) mass is 384 g/mol. The quantitative estimate of drug-likeness (QED) is 0.418. The van der Waals surface area contributed by atoms with E-state index in [0.29, 0.717) is 19.6 Å². The largest absolute Gasteiger partial charge is 0.466 e. The van der Waals surface area contributed by atoms with E-state index in [4.69, 9.17) is 9.47 Å². The molecule has 0 heterocycles. The van der Waals surface area contributed by atoms with E-state index in [1.54, 1.807) is 0 Å². The lowest BCUT2D eigenvalue weighted by molar-refractivity contribution is -0.150. The zero-order chi connectivity index (χ0) is 16.9. The first-order valence-corrected chi connectivity index (χ1v) is 8.96. The first-order chi connectivity index (χ1) is 11.1. The molecule has 0 aliphatic carbocycles. The highest BCUT2D eigenvalue weighted by Crippen LogP contribution is 2.12. The first-order valence-electron chi connectivity index (χ1n) is 8.17. The Morgan fingerprint density at radius 1 is 1.00 bits per heavy atom. The maximum Gasteiger partial charge on any atom is 0.306 e. The summed E-state index contributed by atoms with van der Waals surface area (Å²) < 4.78 is 11.2. The molecule has 0 unspecified atom stereocenters. The number of rotatable bonds is 11. The van der Waals surface area contributed by atoms with E-state index in [1.807, 2.05) is 24.3 Å². The van der Waals surface area contributed by atoms with Crippen LogP contribution in [0.5, 0.6) is 0 Å². The third-order valence-electron chi connectivity index (χ3n) is 3.34. The van der Waals surface area contributed by atoms with Crippen LogP contribution in [-0.2, 0) is 25.5 Å². The second-order valence-electron chi connectivity index (χ2n) is 5.38.